The molecule has 0 radical (unpaired) electrons. The van der Waals surface area contributed by atoms with Crippen molar-refractivity contribution in [2.24, 2.45) is 0 Å². The van der Waals surface area contributed by atoms with E-state index < -0.39 is 10.0 Å². The summed E-state index contributed by atoms with van der Waals surface area (Å²) in [7, 11) is -3.83. The number of nitrogens with one attached hydrogen (secondary N) is 2. The molecule has 148 valence electrons. The van der Waals surface area contributed by atoms with Crippen LogP contribution in [-0.2, 0) is 14.8 Å². The lowest BCUT2D eigenvalue weighted by atomic mass is 10.3. The van der Waals surface area contributed by atoms with E-state index >= 15 is 0 Å². The van der Waals surface area contributed by atoms with Crippen LogP contribution in [0.5, 0.6) is 0 Å². The summed E-state index contributed by atoms with van der Waals surface area (Å²) in [6.07, 6.45) is 1.92. The molecule has 1 heterocycles. The Hall–Kier alpha value is -1.84. The number of fused-ring (bicyclic) bond motifs is 1. The Bertz CT molecular complexity index is 1080. The van der Waals surface area contributed by atoms with Crippen LogP contribution in [0.4, 0.5) is 0 Å². The maximum Gasteiger partial charge on any atom is 0.336 e. The van der Waals surface area contributed by atoms with Gasteiger partial charge in [0.05, 0.1) is 5.75 Å². The molecule has 0 spiro atoms. The number of unbranched alkanes of at least 4 members (excludes halogenated alkanes) is 1. The van der Waals surface area contributed by atoms with E-state index in [9.17, 15) is 13.2 Å². The number of thioether (sulfide) groups is 1. The first-order chi connectivity index (χ1) is 13.4. The lowest BCUT2D eigenvalue weighted by Crippen LogP contribution is -2.44. The molecule has 2 N–H and O–H groups in total. The molecule has 3 rings (SSSR count). The van der Waals surface area contributed by atoms with Crippen LogP contribution in [0.2, 0.25) is 0 Å². The van der Waals surface area contributed by atoms with E-state index in [1.807, 2.05) is 12.1 Å². The molecule has 1 aromatic heterocycles. The molecule has 0 saturated heterocycles. The highest BCUT2D eigenvalue weighted by Gasteiger charge is 2.31. The zero-order valence-electron chi connectivity index (χ0n) is 15.3. The summed E-state index contributed by atoms with van der Waals surface area (Å²) in [6.45, 7) is 2.68. The Balaban J connectivity index is 1.95. The number of imidazole rings is 1. The van der Waals surface area contributed by atoms with Gasteiger partial charge >= 0.3 is 15.2 Å². The molecule has 6 nitrogen and oxygen atoms in total. The van der Waals surface area contributed by atoms with Crippen molar-refractivity contribution in [1.29, 1.82) is 0 Å². The Labute approximate surface area is 176 Å². The normalized spacial score (nSPS) is 11.6. The van der Waals surface area contributed by atoms with Gasteiger partial charge in [-0.15, -0.1) is 3.97 Å². The smallest absolute Gasteiger partial charge is 0.336 e. The fourth-order valence-corrected chi connectivity index (χ4v) is 5.52. The lowest BCUT2D eigenvalue weighted by molar-refractivity contribution is -0.526. The molecule has 0 fully saturated rings. The number of hydrogen-bond acceptors (Lipinski definition) is 4. The van der Waals surface area contributed by atoms with Gasteiger partial charge in [-0.3, -0.25) is 4.79 Å². The van der Waals surface area contributed by atoms with Crippen molar-refractivity contribution in [2.75, 3.05) is 12.3 Å². The summed E-state index contributed by atoms with van der Waals surface area (Å²) < 4.78 is 28.7. The number of carbonyl (C=O) groups is 1. The number of rotatable bonds is 8. The standard InChI is InChI=1S/C19H20BrN3O3S2/c1-2-3-12-21-18(24)13-27-19-22-16-6-4-5-7-17(16)23(19)28(25,26)15-10-8-14(20)9-11-15/h4-11H,2-3,12-13H2,1H3,(H,21,24)/p+1. The van der Waals surface area contributed by atoms with E-state index in [4.69, 9.17) is 0 Å². The highest BCUT2D eigenvalue weighted by atomic mass is 79.9. The fraction of sp³-hybridized carbons (Fsp3) is 0.263. The molecule has 0 unspecified atom stereocenters. The number of benzene rings is 2. The summed E-state index contributed by atoms with van der Waals surface area (Å²) in [5.74, 6) is 0.0107. The van der Waals surface area contributed by atoms with Crippen LogP contribution in [0.1, 0.15) is 19.8 Å². The maximum atomic E-state index is 13.3. The van der Waals surface area contributed by atoms with Gasteiger partial charge < -0.3 is 5.32 Å². The van der Waals surface area contributed by atoms with Gasteiger partial charge in [0, 0.05) is 11.0 Å². The van der Waals surface area contributed by atoms with E-state index in [0.29, 0.717) is 22.7 Å². The van der Waals surface area contributed by atoms with E-state index in [-0.39, 0.29) is 16.6 Å². The van der Waals surface area contributed by atoms with Gasteiger partial charge in [0.2, 0.25) is 5.91 Å². The number of hydrogen-bond donors (Lipinski definition) is 2. The van der Waals surface area contributed by atoms with Gasteiger partial charge in [-0.2, -0.15) is 8.42 Å². The zero-order valence-corrected chi connectivity index (χ0v) is 18.5. The summed E-state index contributed by atoms with van der Waals surface area (Å²) in [5.41, 5.74) is 1.23. The summed E-state index contributed by atoms with van der Waals surface area (Å²) in [6, 6.07) is 13.7. The molecule has 2 aromatic carbocycles. The predicted molar refractivity (Wildman–Crippen MR) is 114 cm³/mol. The third kappa shape index (κ3) is 4.59. The second-order valence-corrected chi connectivity index (χ2v) is 9.83. The van der Waals surface area contributed by atoms with E-state index in [2.05, 4.69) is 33.2 Å². The zero-order chi connectivity index (χ0) is 20.1. The van der Waals surface area contributed by atoms with E-state index in [1.54, 1.807) is 36.4 Å². The van der Waals surface area contributed by atoms with Crippen LogP contribution in [0.3, 0.4) is 0 Å². The van der Waals surface area contributed by atoms with Gasteiger partial charge in [-0.05, 0) is 54.6 Å². The van der Waals surface area contributed by atoms with Gasteiger partial charge in [-0.25, -0.2) is 4.98 Å². The molecule has 9 heteroatoms. The molecular formula is C19H21BrN3O3S2+. The van der Waals surface area contributed by atoms with Crippen LogP contribution in [0, 0.1) is 0 Å². The quantitative estimate of drug-likeness (QED) is 0.292. The average molecular weight is 483 g/mol. The second kappa shape index (κ2) is 9.11. The number of amides is 1. The average Bonchev–Trinajstić information content (AvgIpc) is 3.06. The van der Waals surface area contributed by atoms with Gasteiger partial charge in [0.15, 0.2) is 11.0 Å². The number of carbonyl (C=O) groups excluding carboxylic acids is 1. The third-order valence-electron chi connectivity index (χ3n) is 4.09. The Morgan fingerprint density at radius 2 is 1.89 bits per heavy atom. The highest BCUT2D eigenvalue weighted by molar-refractivity contribution is 9.10. The summed E-state index contributed by atoms with van der Waals surface area (Å²) in [4.78, 5) is 15.4. The predicted octanol–water partition coefficient (Wildman–Crippen LogP) is 3.46. The Morgan fingerprint density at radius 3 is 2.61 bits per heavy atom. The van der Waals surface area contributed by atoms with Crippen molar-refractivity contribution in [3.63, 3.8) is 0 Å². The van der Waals surface area contributed by atoms with Crippen LogP contribution in [0.25, 0.3) is 11.0 Å². The maximum absolute atomic E-state index is 13.3. The summed E-state index contributed by atoms with van der Waals surface area (Å²) in [5, 5.41) is 3.24. The van der Waals surface area contributed by atoms with E-state index in [1.165, 1.54) is 15.7 Å². The van der Waals surface area contributed by atoms with Gasteiger partial charge in [0.25, 0.3) is 0 Å². The van der Waals surface area contributed by atoms with Gasteiger partial charge in [-0.1, -0.05) is 41.4 Å². The first kappa shape index (κ1) is 20.9. The van der Waals surface area contributed by atoms with Crippen molar-refractivity contribution < 1.29 is 17.2 Å². The minimum absolute atomic E-state index is 0.121. The van der Waals surface area contributed by atoms with Crippen molar-refractivity contribution in [2.45, 2.75) is 29.8 Å². The van der Waals surface area contributed by atoms with Crippen LogP contribution < -0.4 is 9.29 Å². The number of H-pyrrole nitrogens is 1. The minimum Gasteiger partial charge on any atom is -0.355 e. The number of aromatic amines is 1. The van der Waals surface area contributed by atoms with Crippen molar-refractivity contribution in [3.8, 4) is 0 Å². The molecular weight excluding hydrogens is 462 g/mol. The minimum atomic E-state index is -3.83. The molecule has 0 aliphatic carbocycles. The molecule has 0 bridgehead atoms. The number of para-hydroxylation sites is 2. The molecule has 0 saturated carbocycles. The van der Waals surface area contributed by atoms with Crippen molar-refractivity contribution in [1.82, 2.24) is 10.3 Å². The largest absolute Gasteiger partial charge is 0.355 e. The molecule has 1 amide bonds. The SMILES string of the molecule is CCCCNC(=O)CSc1[nH]c2ccccc2[n+]1S(=O)(=O)c1ccc(Br)cc1. The molecule has 0 aliphatic heterocycles. The first-order valence-electron chi connectivity index (χ1n) is 8.87. The number of nitrogens with zero attached hydrogens (tertiary/aromatic N) is 1. The van der Waals surface area contributed by atoms with Crippen LogP contribution in [0.15, 0.2) is 63.1 Å². The Morgan fingerprint density at radius 1 is 1.18 bits per heavy atom. The lowest BCUT2D eigenvalue weighted by Gasteiger charge is -2.05. The summed E-state index contributed by atoms with van der Waals surface area (Å²) >= 11 is 4.50. The number of aromatic nitrogens is 2. The van der Waals surface area contributed by atoms with Crippen molar-refractivity contribution >= 4 is 54.7 Å². The second-order valence-electron chi connectivity index (χ2n) is 6.16. The fourth-order valence-electron chi connectivity index (χ4n) is 2.67. The number of halogens is 1. The van der Waals surface area contributed by atoms with Crippen molar-refractivity contribution in [3.05, 3.63) is 53.0 Å². The molecule has 0 atom stereocenters. The first-order valence-corrected chi connectivity index (χ1v) is 12.1. The molecule has 0 aliphatic rings. The van der Waals surface area contributed by atoms with Crippen LogP contribution >= 0.6 is 27.7 Å². The topological polar surface area (TPSA) is 82.9 Å². The Kier molecular flexibility index (Phi) is 6.79. The molecule has 3 aromatic rings. The monoisotopic (exact) mass is 482 g/mol. The third-order valence-corrected chi connectivity index (χ3v) is 7.43. The highest BCUT2D eigenvalue weighted by Crippen LogP contribution is 2.22. The van der Waals surface area contributed by atoms with Crippen LogP contribution in [-0.4, -0.2) is 31.6 Å². The van der Waals surface area contributed by atoms with Gasteiger partial charge in [0.1, 0.15) is 4.90 Å². The van der Waals surface area contributed by atoms with E-state index in [0.717, 1.165) is 17.3 Å². The molecule has 28 heavy (non-hydrogen) atoms.